The maximum atomic E-state index is 13.0. The quantitative estimate of drug-likeness (QED) is 0.234. The number of phenolic OH excluding ortho intramolecular Hbond substituents is 1. The van der Waals surface area contributed by atoms with Gasteiger partial charge in [-0.2, -0.15) is 0 Å². The molecule has 0 saturated heterocycles. The number of fused-ring (bicyclic) bond motifs is 10. The number of aliphatic hydroxyl groups excluding tert-OH is 1. The Morgan fingerprint density at radius 3 is 1.91 bits per heavy atom. The van der Waals surface area contributed by atoms with Gasteiger partial charge in [0.15, 0.2) is 0 Å². The van der Waals surface area contributed by atoms with Gasteiger partial charge in [-0.15, -0.1) is 0 Å². The van der Waals surface area contributed by atoms with Gasteiger partial charge in [0, 0.05) is 44.8 Å². The zero-order valence-electron chi connectivity index (χ0n) is 34.9. The minimum absolute atomic E-state index is 0.00997. The first-order valence-corrected chi connectivity index (χ1v) is 22.2. The average molecular weight is 787 g/mol. The Hall–Kier alpha value is -4.30. The molecule has 10 rings (SSSR count). The molecule has 0 unspecified atom stereocenters. The fourth-order valence-electron chi connectivity index (χ4n) is 13.3. The van der Waals surface area contributed by atoms with E-state index in [2.05, 4.69) is 32.0 Å². The molecule has 8 aliphatic rings. The highest BCUT2D eigenvalue weighted by Gasteiger charge is 2.57. The van der Waals surface area contributed by atoms with Crippen LogP contribution in [0.1, 0.15) is 125 Å². The molecule has 2 N–H and O–H groups in total. The van der Waals surface area contributed by atoms with Crippen molar-refractivity contribution < 1.29 is 29.3 Å². The lowest BCUT2D eigenvalue weighted by Gasteiger charge is -2.50. The lowest BCUT2D eigenvalue weighted by molar-refractivity contribution is -0.153. The molecule has 0 bridgehead atoms. The number of carbonyl (C=O) groups excluding carboxylic acids is 2. The van der Waals surface area contributed by atoms with Crippen LogP contribution in [-0.4, -0.2) is 58.3 Å². The number of benzene rings is 2. The summed E-state index contributed by atoms with van der Waals surface area (Å²) in [5.74, 6) is 4.39. The van der Waals surface area contributed by atoms with E-state index in [0.717, 1.165) is 69.3 Å². The van der Waals surface area contributed by atoms with Crippen LogP contribution in [-0.2, 0) is 27.2 Å². The monoisotopic (exact) mass is 786 g/mol. The fraction of sp³-hybridized carbons (Fsp3) is 0.560. The van der Waals surface area contributed by atoms with Crippen LogP contribution in [0.25, 0.3) is 0 Å². The second-order valence-electron chi connectivity index (χ2n) is 19.4. The predicted molar refractivity (Wildman–Crippen MR) is 225 cm³/mol. The lowest BCUT2D eigenvalue weighted by Crippen LogP contribution is -2.45. The predicted octanol–water partition coefficient (Wildman–Crippen LogP) is 9.44. The van der Waals surface area contributed by atoms with Crippen LogP contribution >= 0.6 is 0 Å². The maximum absolute atomic E-state index is 13.0. The second-order valence-corrected chi connectivity index (χ2v) is 19.4. The van der Waals surface area contributed by atoms with E-state index in [4.69, 9.17) is 9.47 Å². The van der Waals surface area contributed by atoms with Crippen LogP contribution in [0.15, 0.2) is 84.5 Å². The Morgan fingerprint density at radius 1 is 0.690 bits per heavy atom. The van der Waals surface area contributed by atoms with Gasteiger partial charge in [0.2, 0.25) is 0 Å². The number of aliphatic hydroxyl groups is 1. The molecule has 2 aliphatic heterocycles. The summed E-state index contributed by atoms with van der Waals surface area (Å²) in [6.07, 6.45) is 26.0. The van der Waals surface area contributed by atoms with Crippen LogP contribution in [0.4, 0.5) is 0 Å². The summed E-state index contributed by atoms with van der Waals surface area (Å²) in [5.41, 5.74) is 7.17. The molecule has 6 aliphatic carbocycles. The van der Waals surface area contributed by atoms with Gasteiger partial charge in [-0.3, -0.25) is 0 Å². The van der Waals surface area contributed by atoms with Gasteiger partial charge in [-0.1, -0.05) is 38.1 Å². The molecular weight excluding hydrogens is 725 g/mol. The van der Waals surface area contributed by atoms with Crippen molar-refractivity contribution in [1.82, 2.24) is 9.80 Å². The summed E-state index contributed by atoms with van der Waals surface area (Å²) in [4.78, 5) is 29.5. The highest BCUT2D eigenvalue weighted by molar-refractivity contribution is 5.90. The molecule has 2 aromatic rings. The first kappa shape index (κ1) is 39.2. The number of carbonyl (C=O) groups is 2. The highest BCUT2D eigenvalue weighted by Crippen LogP contribution is 2.63. The van der Waals surface area contributed by atoms with Gasteiger partial charge in [0.05, 0.1) is 17.3 Å². The van der Waals surface area contributed by atoms with Crippen molar-refractivity contribution in [2.24, 2.45) is 34.5 Å². The number of nitrogens with zero attached hydrogens (tertiary/aromatic N) is 2. The summed E-state index contributed by atoms with van der Waals surface area (Å²) >= 11 is 0. The molecule has 0 aromatic heterocycles. The second kappa shape index (κ2) is 15.4. The molecule has 2 aromatic carbocycles. The molecule has 0 amide bonds. The van der Waals surface area contributed by atoms with Crippen molar-refractivity contribution in [3.63, 3.8) is 0 Å². The molecular formula is C50H62N2O6. The average Bonchev–Trinajstić information content (AvgIpc) is 3.72. The van der Waals surface area contributed by atoms with Crippen LogP contribution < -0.4 is 4.74 Å². The first-order chi connectivity index (χ1) is 27.9. The Kier molecular flexibility index (Phi) is 10.4. The third kappa shape index (κ3) is 7.01. The summed E-state index contributed by atoms with van der Waals surface area (Å²) in [5, 5.41) is 20.0. The van der Waals surface area contributed by atoms with E-state index < -0.39 is 0 Å². The van der Waals surface area contributed by atoms with Gasteiger partial charge >= 0.3 is 11.9 Å². The molecule has 10 atom stereocenters. The smallest absolute Gasteiger partial charge is 0.341 e. The molecule has 4 fully saturated rings. The van der Waals surface area contributed by atoms with Crippen molar-refractivity contribution in [1.29, 1.82) is 0 Å². The van der Waals surface area contributed by atoms with E-state index in [1.807, 2.05) is 79.0 Å². The first-order valence-electron chi connectivity index (χ1n) is 22.2. The molecule has 4 saturated carbocycles. The van der Waals surface area contributed by atoms with Gasteiger partial charge in [-0.05, 0) is 177 Å². The zero-order chi connectivity index (χ0) is 40.3. The Balaban J connectivity index is 0.000000182. The van der Waals surface area contributed by atoms with Crippen molar-refractivity contribution >= 4 is 11.9 Å². The standard InChI is InChI=1S/C32H38N2O4.C18H24O2/c1-32-15-14-26-25-11-9-24(37-30(35)22-6-4-16-33(2)19-22)18-21(25)8-10-27(26)28(32)12-13-29(32)38-31(36)23-7-5-17-34(3)20-23;1-18-9-8-14-13-5-3-12(19)10-11(13)2-4-15(14)16(18)6-7-17(18)20/h4-5,9,11,16-20,26-29H,6-8,10,12-15H2,1-3H3;3,5,10,14-17,19-20H,2,4,6-9H2,1H3/t26-,27-,28+,29+,32+;14-,15-,16+,17+,18+/m11/s1. The van der Waals surface area contributed by atoms with Crippen LogP contribution in [0.2, 0.25) is 0 Å². The highest BCUT2D eigenvalue weighted by atomic mass is 16.5. The number of esters is 2. The largest absolute Gasteiger partial charge is 0.508 e. The lowest BCUT2D eigenvalue weighted by atomic mass is 9.55. The number of phenols is 1. The Bertz CT molecular complexity index is 2070. The summed E-state index contributed by atoms with van der Waals surface area (Å²) < 4.78 is 12.0. The van der Waals surface area contributed by atoms with Crippen molar-refractivity contribution in [2.45, 2.75) is 128 Å². The molecule has 8 nitrogen and oxygen atoms in total. The van der Waals surface area contributed by atoms with Crippen LogP contribution in [0.5, 0.6) is 11.5 Å². The van der Waals surface area contributed by atoms with Crippen LogP contribution in [0.3, 0.4) is 0 Å². The number of aryl methyl sites for hydroxylation is 2. The number of hydrogen-bond acceptors (Lipinski definition) is 8. The SMILES string of the molecule is CN1C=CCC(C(=O)Oc2ccc3c(c2)CC[C@@H]2[C@@H]3CC[C@]3(C)[C@@H](OC(=O)C4=CN(C)C=CC4)CC[C@@H]23)=C1.C[C@]12CC[C@@H]3c4ccc(O)cc4CC[C@H]3[C@@H]1CC[C@@H]2O. The third-order valence-corrected chi connectivity index (χ3v) is 16.3. The van der Waals surface area contributed by atoms with Crippen molar-refractivity contribution in [3.05, 3.63) is 107 Å². The van der Waals surface area contributed by atoms with Crippen molar-refractivity contribution in [3.8, 4) is 11.5 Å². The zero-order valence-corrected chi connectivity index (χ0v) is 34.9. The molecule has 8 heteroatoms. The van der Waals surface area contributed by atoms with E-state index in [0.29, 0.717) is 59.5 Å². The number of rotatable bonds is 4. The topological polar surface area (TPSA) is 99.5 Å². The van der Waals surface area contributed by atoms with E-state index >= 15 is 0 Å². The molecule has 0 radical (unpaired) electrons. The number of hydrogen-bond donors (Lipinski definition) is 2. The maximum Gasteiger partial charge on any atom is 0.341 e. The van der Waals surface area contributed by atoms with E-state index in [-0.39, 0.29) is 35.0 Å². The summed E-state index contributed by atoms with van der Waals surface area (Å²) in [6.45, 7) is 4.68. The molecule has 2 heterocycles. The van der Waals surface area contributed by atoms with Gasteiger partial charge in [-0.25, -0.2) is 9.59 Å². The van der Waals surface area contributed by atoms with E-state index in [1.54, 1.807) is 0 Å². The summed E-state index contributed by atoms with van der Waals surface area (Å²) in [7, 11) is 3.85. The molecule has 58 heavy (non-hydrogen) atoms. The van der Waals surface area contributed by atoms with Gasteiger partial charge in [0.25, 0.3) is 0 Å². The Labute approximate surface area is 344 Å². The number of aromatic hydroxyl groups is 1. The summed E-state index contributed by atoms with van der Waals surface area (Å²) in [6, 6.07) is 12.2. The van der Waals surface area contributed by atoms with Gasteiger partial charge in [0.1, 0.15) is 17.6 Å². The molecule has 308 valence electrons. The van der Waals surface area contributed by atoms with Crippen molar-refractivity contribution in [2.75, 3.05) is 14.1 Å². The third-order valence-electron chi connectivity index (χ3n) is 16.3. The number of ether oxygens (including phenoxy) is 2. The normalized spacial score (nSPS) is 35.4. The minimum Gasteiger partial charge on any atom is -0.508 e. The molecule has 0 spiro atoms. The Morgan fingerprint density at radius 2 is 1.26 bits per heavy atom. The van der Waals surface area contributed by atoms with Crippen LogP contribution in [0, 0.1) is 34.5 Å². The number of allylic oxidation sites excluding steroid dienone is 2. The fourth-order valence-corrected chi connectivity index (χ4v) is 13.3. The van der Waals surface area contributed by atoms with E-state index in [1.165, 1.54) is 41.5 Å². The van der Waals surface area contributed by atoms with Gasteiger partial charge < -0.3 is 29.5 Å². The minimum atomic E-state index is -0.276. The van der Waals surface area contributed by atoms with E-state index in [9.17, 15) is 19.8 Å².